The van der Waals surface area contributed by atoms with E-state index in [-0.39, 0.29) is 36.7 Å². The Hall–Kier alpha value is -2.65. The van der Waals surface area contributed by atoms with E-state index in [0.29, 0.717) is 57.4 Å². The van der Waals surface area contributed by atoms with Crippen molar-refractivity contribution in [2.45, 2.75) is 12.8 Å². The van der Waals surface area contributed by atoms with Gasteiger partial charge in [0.1, 0.15) is 5.75 Å². The lowest BCUT2D eigenvalue weighted by molar-refractivity contribution is -0.137. The summed E-state index contributed by atoms with van der Waals surface area (Å²) in [6.07, 6.45) is 0.935. The van der Waals surface area contributed by atoms with Crippen molar-refractivity contribution in [3.63, 3.8) is 0 Å². The molecule has 2 saturated heterocycles. The van der Waals surface area contributed by atoms with Gasteiger partial charge in [-0.05, 0) is 30.7 Å². The highest BCUT2D eigenvalue weighted by Gasteiger charge is 2.34. The lowest BCUT2D eigenvalue weighted by Gasteiger charge is -2.26. The van der Waals surface area contributed by atoms with Gasteiger partial charge in [0.25, 0.3) is 5.91 Å². The molecule has 9 nitrogen and oxygen atoms in total. The Bertz CT molecular complexity index is 733. The molecule has 3 rings (SSSR count). The molecule has 164 valence electrons. The van der Waals surface area contributed by atoms with E-state index in [0.717, 1.165) is 6.42 Å². The standard InChI is InChI=1S/C21H29N3O6/c1-28-10-2-7-22-21(27)16-13-19(25)24(14-16)17-3-5-18(6-4-17)30-15-20(26)23-8-11-29-12-9-23/h3-6,16H,2,7-15H2,1H3,(H,22,27)/t16-/m1/s1. The fourth-order valence-corrected chi connectivity index (χ4v) is 3.48. The predicted molar refractivity (Wildman–Crippen MR) is 109 cm³/mol. The van der Waals surface area contributed by atoms with E-state index >= 15 is 0 Å². The van der Waals surface area contributed by atoms with E-state index in [1.807, 2.05) is 0 Å². The lowest BCUT2D eigenvalue weighted by Crippen LogP contribution is -2.42. The summed E-state index contributed by atoms with van der Waals surface area (Å²) in [7, 11) is 1.62. The average Bonchev–Trinajstić information content (AvgIpc) is 3.17. The van der Waals surface area contributed by atoms with Gasteiger partial charge >= 0.3 is 0 Å². The molecule has 3 amide bonds. The van der Waals surface area contributed by atoms with Crippen molar-refractivity contribution in [3.8, 4) is 5.75 Å². The molecule has 0 spiro atoms. The molecule has 1 aromatic rings. The zero-order valence-electron chi connectivity index (χ0n) is 17.3. The second kappa shape index (κ2) is 10.9. The molecule has 2 heterocycles. The third-order valence-corrected chi connectivity index (χ3v) is 5.19. The van der Waals surface area contributed by atoms with Gasteiger partial charge in [0.2, 0.25) is 11.8 Å². The van der Waals surface area contributed by atoms with Gasteiger partial charge in [0.15, 0.2) is 6.61 Å². The summed E-state index contributed by atoms with van der Waals surface area (Å²) in [4.78, 5) is 40.1. The fraction of sp³-hybridized carbons (Fsp3) is 0.571. The van der Waals surface area contributed by atoms with E-state index in [2.05, 4.69) is 5.32 Å². The Labute approximate surface area is 176 Å². The Balaban J connectivity index is 1.47. The normalized spacial score (nSPS) is 19.1. The molecule has 0 radical (unpaired) electrons. The molecule has 9 heteroatoms. The topological polar surface area (TPSA) is 97.4 Å². The highest BCUT2D eigenvalue weighted by molar-refractivity contribution is 6.00. The van der Waals surface area contributed by atoms with Crippen LogP contribution in [0.2, 0.25) is 0 Å². The number of nitrogens with one attached hydrogen (secondary N) is 1. The summed E-state index contributed by atoms with van der Waals surface area (Å²) >= 11 is 0. The minimum Gasteiger partial charge on any atom is -0.484 e. The number of methoxy groups -OCH3 is 1. The van der Waals surface area contributed by atoms with Gasteiger partial charge in [-0.2, -0.15) is 0 Å². The Kier molecular flexibility index (Phi) is 8.04. The number of hydrogen-bond donors (Lipinski definition) is 1. The highest BCUT2D eigenvalue weighted by Crippen LogP contribution is 2.27. The summed E-state index contributed by atoms with van der Waals surface area (Å²) in [6.45, 7) is 3.71. The number of ether oxygens (including phenoxy) is 3. The minimum atomic E-state index is -0.359. The van der Waals surface area contributed by atoms with Crippen molar-refractivity contribution < 1.29 is 28.6 Å². The SMILES string of the molecule is COCCCNC(=O)[C@@H]1CC(=O)N(c2ccc(OCC(=O)N3CCOCC3)cc2)C1. The van der Waals surface area contributed by atoms with Crippen molar-refractivity contribution in [2.75, 3.05) is 64.6 Å². The second-order valence-corrected chi connectivity index (χ2v) is 7.32. The van der Waals surface area contributed by atoms with Crippen molar-refractivity contribution in [1.82, 2.24) is 10.2 Å². The van der Waals surface area contributed by atoms with Gasteiger partial charge in [-0.25, -0.2) is 0 Å². The maximum absolute atomic E-state index is 12.4. The average molecular weight is 419 g/mol. The number of benzene rings is 1. The molecule has 30 heavy (non-hydrogen) atoms. The van der Waals surface area contributed by atoms with Crippen molar-refractivity contribution in [1.29, 1.82) is 0 Å². The maximum Gasteiger partial charge on any atom is 0.260 e. The number of anilines is 1. The van der Waals surface area contributed by atoms with Crippen molar-refractivity contribution >= 4 is 23.4 Å². The summed E-state index contributed by atoms with van der Waals surface area (Å²) in [6, 6.07) is 7.00. The monoisotopic (exact) mass is 419 g/mol. The summed E-state index contributed by atoms with van der Waals surface area (Å²) in [5.41, 5.74) is 0.710. The predicted octanol–water partition coefficient (Wildman–Crippen LogP) is 0.430. The van der Waals surface area contributed by atoms with Crippen LogP contribution in [0.4, 0.5) is 5.69 Å². The summed E-state index contributed by atoms with van der Waals surface area (Å²) in [5, 5.41) is 2.85. The first-order valence-electron chi connectivity index (χ1n) is 10.2. The molecular weight excluding hydrogens is 390 g/mol. The van der Waals surface area contributed by atoms with Crippen LogP contribution >= 0.6 is 0 Å². The molecule has 0 unspecified atom stereocenters. The van der Waals surface area contributed by atoms with Crippen molar-refractivity contribution in [3.05, 3.63) is 24.3 Å². The molecule has 0 saturated carbocycles. The van der Waals surface area contributed by atoms with Crippen LogP contribution in [0.15, 0.2) is 24.3 Å². The van der Waals surface area contributed by atoms with Crippen LogP contribution < -0.4 is 15.0 Å². The van der Waals surface area contributed by atoms with Crippen LogP contribution in [-0.4, -0.2) is 82.3 Å². The zero-order chi connectivity index (χ0) is 21.3. The van der Waals surface area contributed by atoms with Gasteiger partial charge in [-0.15, -0.1) is 0 Å². The van der Waals surface area contributed by atoms with Crippen LogP contribution in [0.1, 0.15) is 12.8 Å². The third-order valence-electron chi connectivity index (χ3n) is 5.19. The van der Waals surface area contributed by atoms with E-state index in [4.69, 9.17) is 14.2 Å². The molecule has 0 bridgehead atoms. The minimum absolute atomic E-state index is 0.0344. The number of carbonyl (C=O) groups is 3. The molecule has 0 aromatic heterocycles. The number of morpholine rings is 1. The molecule has 2 fully saturated rings. The fourth-order valence-electron chi connectivity index (χ4n) is 3.48. The quantitative estimate of drug-likeness (QED) is 0.583. The first-order chi connectivity index (χ1) is 14.6. The molecule has 1 aromatic carbocycles. The maximum atomic E-state index is 12.4. The number of carbonyl (C=O) groups excluding carboxylic acids is 3. The van der Waals surface area contributed by atoms with Gasteiger partial charge in [-0.3, -0.25) is 14.4 Å². The van der Waals surface area contributed by atoms with Crippen LogP contribution in [0.25, 0.3) is 0 Å². The Morgan fingerprint density at radius 3 is 2.63 bits per heavy atom. The molecular formula is C21H29N3O6. The van der Waals surface area contributed by atoms with Crippen molar-refractivity contribution in [2.24, 2.45) is 5.92 Å². The lowest BCUT2D eigenvalue weighted by atomic mass is 10.1. The first kappa shape index (κ1) is 22.0. The number of rotatable bonds is 9. The van der Waals surface area contributed by atoms with Crippen LogP contribution in [0.3, 0.4) is 0 Å². The summed E-state index contributed by atoms with van der Waals surface area (Å²) in [5.74, 6) is -0.0651. The molecule has 2 aliphatic rings. The van der Waals surface area contributed by atoms with Crippen LogP contribution in [0, 0.1) is 5.92 Å². The van der Waals surface area contributed by atoms with E-state index in [9.17, 15) is 14.4 Å². The first-order valence-corrected chi connectivity index (χ1v) is 10.2. The van der Waals surface area contributed by atoms with Gasteiger partial charge in [0.05, 0.1) is 19.1 Å². The van der Waals surface area contributed by atoms with Gasteiger partial charge < -0.3 is 29.3 Å². The molecule has 0 aliphatic carbocycles. The molecule has 2 aliphatic heterocycles. The molecule has 1 N–H and O–H groups in total. The smallest absolute Gasteiger partial charge is 0.260 e. The van der Waals surface area contributed by atoms with E-state index in [1.165, 1.54) is 0 Å². The van der Waals surface area contributed by atoms with E-state index in [1.54, 1.807) is 41.2 Å². The van der Waals surface area contributed by atoms with Gasteiger partial charge in [-0.1, -0.05) is 0 Å². The number of hydrogen-bond acceptors (Lipinski definition) is 6. The largest absolute Gasteiger partial charge is 0.484 e. The molecule has 1 atom stereocenters. The van der Waals surface area contributed by atoms with Crippen LogP contribution in [0.5, 0.6) is 5.75 Å². The highest BCUT2D eigenvalue weighted by atomic mass is 16.5. The van der Waals surface area contributed by atoms with Crippen LogP contribution in [-0.2, 0) is 23.9 Å². The number of amides is 3. The Morgan fingerprint density at radius 2 is 1.93 bits per heavy atom. The zero-order valence-corrected chi connectivity index (χ0v) is 17.3. The Morgan fingerprint density at radius 1 is 1.20 bits per heavy atom. The van der Waals surface area contributed by atoms with Gasteiger partial charge in [0, 0.05) is 52.0 Å². The number of nitrogens with zero attached hydrogens (tertiary/aromatic N) is 2. The summed E-state index contributed by atoms with van der Waals surface area (Å²) < 4.78 is 15.8. The third kappa shape index (κ3) is 5.93. The van der Waals surface area contributed by atoms with E-state index < -0.39 is 0 Å². The second-order valence-electron chi connectivity index (χ2n) is 7.32.